The molecule has 0 aliphatic carbocycles. The summed E-state index contributed by atoms with van der Waals surface area (Å²) in [7, 11) is 0. The molecule has 22 heavy (non-hydrogen) atoms. The Bertz CT molecular complexity index is 256. The standard InChI is InChI=1S/C16H33Br2N3O/c1-2-3-4-5-6-7-8-9-10-11-16(22)19-12-14-21(18)15-13-20-17/h20H,2-15H2,1H3,(H,19,22). The highest BCUT2D eigenvalue weighted by Crippen LogP contribution is 2.10. The third-order valence-electron chi connectivity index (χ3n) is 3.63. The number of carbonyl (C=O) groups is 1. The molecule has 0 rings (SSSR count). The summed E-state index contributed by atoms with van der Waals surface area (Å²) in [6, 6.07) is 0. The molecular formula is C16H33Br2N3O. The van der Waals surface area contributed by atoms with Crippen molar-refractivity contribution in [3.05, 3.63) is 0 Å². The van der Waals surface area contributed by atoms with Crippen molar-refractivity contribution in [3.8, 4) is 0 Å². The van der Waals surface area contributed by atoms with Crippen LogP contribution < -0.4 is 9.66 Å². The fourth-order valence-corrected chi connectivity index (χ4v) is 2.81. The maximum Gasteiger partial charge on any atom is 0.220 e. The van der Waals surface area contributed by atoms with Gasteiger partial charge in [-0.2, -0.15) is 0 Å². The van der Waals surface area contributed by atoms with Gasteiger partial charge in [-0.1, -0.05) is 58.3 Å². The monoisotopic (exact) mass is 441 g/mol. The largest absolute Gasteiger partial charge is 0.355 e. The number of hydrogen-bond donors (Lipinski definition) is 2. The van der Waals surface area contributed by atoms with Crippen LogP contribution in [-0.4, -0.2) is 36.0 Å². The summed E-state index contributed by atoms with van der Waals surface area (Å²) in [5, 5.41) is 2.97. The van der Waals surface area contributed by atoms with Crippen molar-refractivity contribution in [3.63, 3.8) is 0 Å². The van der Waals surface area contributed by atoms with Gasteiger partial charge in [0.2, 0.25) is 5.91 Å². The molecule has 0 aliphatic heterocycles. The van der Waals surface area contributed by atoms with Gasteiger partial charge in [0.1, 0.15) is 0 Å². The molecular weight excluding hydrogens is 410 g/mol. The Labute approximate surface area is 153 Å². The molecule has 0 aromatic rings. The molecule has 0 atom stereocenters. The molecule has 0 aromatic heterocycles. The molecule has 4 nitrogen and oxygen atoms in total. The molecule has 132 valence electrons. The van der Waals surface area contributed by atoms with Crippen LogP contribution in [0.3, 0.4) is 0 Å². The first-order chi connectivity index (χ1) is 10.7. The topological polar surface area (TPSA) is 44.4 Å². The van der Waals surface area contributed by atoms with Gasteiger partial charge in [0.05, 0.1) is 0 Å². The van der Waals surface area contributed by atoms with E-state index in [1.54, 1.807) is 0 Å². The van der Waals surface area contributed by atoms with E-state index >= 15 is 0 Å². The first-order valence-electron chi connectivity index (χ1n) is 8.71. The van der Waals surface area contributed by atoms with E-state index in [4.69, 9.17) is 0 Å². The molecule has 0 fully saturated rings. The normalized spacial score (nSPS) is 11.1. The number of halogens is 2. The lowest BCUT2D eigenvalue weighted by Gasteiger charge is -2.13. The molecule has 0 heterocycles. The Morgan fingerprint density at radius 2 is 1.45 bits per heavy atom. The van der Waals surface area contributed by atoms with Crippen molar-refractivity contribution in [2.75, 3.05) is 26.2 Å². The summed E-state index contributed by atoms with van der Waals surface area (Å²) in [6.45, 7) is 5.51. The summed E-state index contributed by atoms with van der Waals surface area (Å²) >= 11 is 6.62. The summed E-state index contributed by atoms with van der Waals surface area (Å²) in [5.41, 5.74) is 0. The van der Waals surface area contributed by atoms with Gasteiger partial charge in [0, 0.05) is 64.9 Å². The van der Waals surface area contributed by atoms with Crippen molar-refractivity contribution < 1.29 is 4.79 Å². The number of unbranched alkanes of at least 4 members (excludes halogenated alkanes) is 8. The first kappa shape index (κ1) is 22.4. The van der Waals surface area contributed by atoms with Gasteiger partial charge in [0.25, 0.3) is 0 Å². The highest BCUT2D eigenvalue weighted by Gasteiger charge is 2.03. The first-order valence-corrected chi connectivity index (χ1v) is 10.2. The predicted octanol–water partition coefficient (Wildman–Crippen LogP) is 4.53. The average Bonchev–Trinajstić information content (AvgIpc) is 2.51. The van der Waals surface area contributed by atoms with Crippen molar-refractivity contribution >= 4 is 38.2 Å². The van der Waals surface area contributed by atoms with E-state index in [0.29, 0.717) is 13.0 Å². The van der Waals surface area contributed by atoms with Crippen LogP contribution in [-0.2, 0) is 4.79 Å². The molecule has 0 radical (unpaired) electrons. The molecule has 0 saturated carbocycles. The van der Waals surface area contributed by atoms with E-state index in [2.05, 4.69) is 48.9 Å². The minimum Gasteiger partial charge on any atom is -0.355 e. The lowest BCUT2D eigenvalue weighted by molar-refractivity contribution is -0.121. The summed E-state index contributed by atoms with van der Waals surface area (Å²) in [5.74, 6) is 0.183. The van der Waals surface area contributed by atoms with Gasteiger partial charge in [-0.25, -0.2) is 3.93 Å². The van der Waals surface area contributed by atoms with Crippen molar-refractivity contribution in [2.45, 2.75) is 71.1 Å². The summed E-state index contributed by atoms with van der Waals surface area (Å²) in [6.07, 6.45) is 12.3. The van der Waals surface area contributed by atoms with E-state index in [9.17, 15) is 4.79 Å². The third-order valence-corrected chi connectivity index (χ3v) is 4.74. The SMILES string of the molecule is CCCCCCCCCCCC(=O)NCCN(Br)CCNBr. The fourth-order valence-electron chi connectivity index (χ4n) is 2.28. The lowest BCUT2D eigenvalue weighted by atomic mass is 10.1. The van der Waals surface area contributed by atoms with Gasteiger partial charge in [0.15, 0.2) is 0 Å². The second-order valence-electron chi connectivity index (χ2n) is 5.72. The zero-order chi connectivity index (χ0) is 16.5. The Hall–Kier alpha value is 0.350. The van der Waals surface area contributed by atoms with Gasteiger partial charge < -0.3 is 5.32 Å². The number of rotatable bonds is 16. The molecule has 1 amide bonds. The van der Waals surface area contributed by atoms with E-state index in [1.807, 2.05) is 3.93 Å². The Morgan fingerprint density at radius 3 is 2.05 bits per heavy atom. The molecule has 2 N–H and O–H groups in total. The van der Waals surface area contributed by atoms with Crippen LogP contribution >= 0.6 is 32.3 Å². The number of carbonyl (C=O) groups excluding carboxylic acids is 1. The highest BCUT2D eigenvalue weighted by atomic mass is 79.9. The second kappa shape index (κ2) is 17.7. The maximum atomic E-state index is 11.7. The lowest BCUT2D eigenvalue weighted by Crippen LogP contribution is -2.32. The summed E-state index contributed by atoms with van der Waals surface area (Å²) in [4.78, 5) is 11.7. The van der Waals surface area contributed by atoms with Crippen molar-refractivity contribution in [2.24, 2.45) is 0 Å². The molecule has 0 unspecified atom stereocenters. The quantitative estimate of drug-likeness (QED) is 0.272. The van der Waals surface area contributed by atoms with Crippen LogP contribution in [0.5, 0.6) is 0 Å². The van der Waals surface area contributed by atoms with E-state index in [-0.39, 0.29) is 5.91 Å². The molecule has 0 aromatic carbocycles. The average molecular weight is 443 g/mol. The summed E-state index contributed by atoms with van der Waals surface area (Å²) < 4.78 is 4.92. The smallest absolute Gasteiger partial charge is 0.220 e. The van der Waals surface area contributed by atoms with Crippen LogP contribution in [0, 0.1) is 0 Å². The molecule has 0 bridgehead atoms. The Balaban J connectivity index is 3.25. The molecule has 0 saturated heterocycles. The number of hydrogen-bond acceptors (Lipinski definition) is 3. The van der Waals surface area contributed by atoms with E-state index in [0.717, 1.165) is 26.1 Å². The number of nitrogens with zero attached hydrogens (tertiary/aromatic N) is 1. The van der Waals surface area contributed by atoms with Gasteiger partial charge in [-0.05, 0) is 6.42 Å². The Kier molecular flexibility index (Phi) is 18.0. The van der Waals surface area contributed by atoms with E-state index in [1.165, 1.54) is 51.4 Å². The molecule has 6 heteroatoms. The van der Waals surface area contributed by atoms with Crippen LogP contribution in [0.1, 0.15) is 71.1 Å². The Morgan fingerprint density at radius 1 is 0.909 bits per heavy atom. The molecule has 0 aliphatic rings. The van der Waals surface area contributed by atoms with Gasteiger partial charge >= 0.3 is 0 Å². The van der Waals surface area contributed by atoms with Gasteiger partial charge in [-0.15, -0.1) is 0 Å². The van der Waals surface area contributed by atoms with Crippen LogP contribution in [0.25, 0.3) is 0 Å². The minimum absolute atomic E-state index is 0.183. The van der Waals surface area contributed by atoms with Crippen molar-refractivity contribution in [1.82, 2.24) is 13.6 Å². The van der Waals surface area contributed by atoms with Crippen LogP contribution in [0.15, 0.2) is 0 Å². The fraction of sp³-hybridized carbons (Fsp3) is 0.938. The van der Waals surface area contributed by atoms with E-state index < -0.39 is 0 Å². The van der Waals surface area contributed by atoms with Crippen LogP contribution in [0.4, 0.5) is 0 Å². The predicted molar refractivity (Wildman–Crippen MR) is 102 cm³/mol. The second-order valence-corrected chi connectivity index (χ2v) is 7.29. The van der Waals surface area contributed by atoms with Crippen molar-refractivity contribution in [1.29, 1.82) is 0 Å². The third kappa shape index (κ3) is 16.7. The number of nitrogens with one attached hydrogen (secondary N) is 2. The van der Waals surface area contributed by atoms with Gasteiger partial charge in [-0.3, -0.25) is 9.14 Å². The zero-order valence-corrected chi connectivity index (χ0v) is 17.2. The highest BCUT2D eigenvalue weighted by molar-refractivity contribution is 9.08. The molecule has 0 spiro atoms. The van der Waals surface area contributed by atoms with Crippen LogP contribution in [0.2, 0.25) is 0 Å². The maximum absolute atomic E-state index is 11.7. The minimum atomic E-state index is 0.183. The number of amides is 1. The zero-order valence-electron chi connectivity index (χ0n) is 14.0.